The first kappa shape index (κ1) is 12.1. The van der Waals surface area contributed by atoms with Gasteiger partial charge in [0.05, 0.1) is 12.4 Å². The normalized spacial score (nSPS) is 18.0. The van der Waals surface area contributed by atoms with E-state index < -0.39 is 0 Å². The minimum Gasteiger partial charge on any atom is -0.326 e. The highest BCUT2D eigenvalue weighted by Gasteiger charge is 2.30. The summed E-state index contributed by atoms with van der Waals surface area (Å²) < 4.78 is 3.87. The van der Waals surface area contributed by atoms with Crippen molar-refractivity contribution in [3.05, 3.63) is 48.6 Å². The summed E-state index contributed by atoms with van der Waals surface area (Å²) in [6.45, 7) is 3.32. The van der Waals surface area contributed by atoms with Gasteiger partial charge < -0.3 is 13.9 Å². The first-order valence-electron chi connectivity index (χ1n) is 6.85. The van der Waals surface area contributed by atoms with E-state index in [-0.39, 0.29) is 11.9 Å². The number of hydrogen-bond donors (Lipinski definition) is 0. The van der Waals surface area contributed by atoms with Crippen molar-refractivity contribution in [1.29, 1.82) is 0 Å². The van der Waals surface area contributed by atoms with Gasteiger partial charge in [0.25, 0.3) is 5.91 Å². The molecule has 0 aliphatic carbocycles. The predicted octanol–water partition coefficient (Wildman–Crippen LogP) is 1.14. The zero-order valence-electron chi connectivity index (χ0n) is 11.5. The quantitative estimate of drug-likeness (QED) is 0.671. The lowest BCUT2D eigenvalue weighted by molar-refractivity contribution is 0.0631. The van der Waals surface area contributed by atoms with E-state index >= 15 is 0 Å². The van der Waals surface area contributed by atoms with E-state index in [0.29, 0.717) is 18.8 Å². The summed E-state index contributed by atoms with van der Waals surface area (Å²) in [7, 11) is 0. The summed E-state index contributed by atoms with van der Waals surface area (Å²) in [6, 6.07) is 5.60. The number of amides is 1. The molecule has 1 aliphatic rings. The van der Waals surface area contributed by atoms with E-state index in [1.165, 1.54) is 0 Å². The van der Waals surface area contributed by atoms with Crippen molar-refractivity contribution in [2.75, 3.05) is 6.54 Å². The molecule has 7 nitrogen and oxygen atoms in total. The summed E-state index contributed by atoms with van der Waals surface area (Å²) in [6.07, 6.45) is 5.28. The summed E-state index contributed by atoms with van der Waals surface area (Å²) in [5.74, 6) is 0.749. The van der Waals surface area contributed by atoms with Gasteiger partial charge in [-0.25, -0.2) is 4.98 Å². The second kappa shape index (κ2) is 4.41. The van der Waals surface area contributed by atoms with Gasteiger partial charge >= 0.3 is 0 Å². The van der Waals surface area contributed by atoms with Crippen molar-refractivity contribution in [3.8, 4) is 0 Å². The van der Waals surface area contributed by atoms with Crippen molar-refractivity contribution >= 4 is 11.4 Å². The fourth-order valence-electron chi connectivity index (χ4n) is 2.79. The summed E-state index contributed by atoms with van der Waals surface area (Å²) in [5.41, 5.74) is 1.42. The Hall–Kier alpha value is -2.70. The Kier molecular flexibility index (Phi) is 2.53. The fraction of sp³-hybridized carbons (Fsp3) is 0.286. The highest BCUT2D eigenvalue weighted by Crippen LogP contribution is 2.24. The molecule has 1 atom stereocenters. The number of rotatable bonds is 1. The Morgan fingerprint density at radius 2 is 2.24 bits per heavy atom. The van der Waals surface area contributed by atoms with Crippen LogP contribution in [0.25, 0.3) is 5.52 Å². The van der Waals surface area contributed by atoms with E-state index in [1.807, 2.05) is 40.3 Å². The lowest BCUT2D eigenvalue weighted by Crippen LogP contribution is -2.41. The van der Waals surface area contributed by atoms with Gasteiger partial charge in [-0.1, -0.05) is 0 Å². The summed E-state index contributed by atoms with van der Waals surface area (Å²) >= 11 is 0. The van der Waals surface area contributed by atoms with Crippen LogP contribution in [-0.2, 0) is 6.54 Å². The molecule has 1 aliphatic heterocycles. The maximum Gasteiger partial charge on any atom is 0.273 e. The van der Waals surface area contributed by atoms with Crippen LogP contribution in [0.3, 0.4) is 0 Å². The molecule has 3 aromatic heterocycles. The van der Waals surface area contributed by atoms with E-state index in [2.05, 4.69) is 15.2 Å². The topological polar surface area (TPSA) is 68.3 Å². The molecule has 1 unspecified atom stereocenters. The fourth-order valence-corrected chi connectivity index (χ4v) is 2.79. The van der Waals surface area contributed by atoms with Gasteiger partial charge in [-0.05, 0) is 25.1 Å². The van der Waals surface area contributed by atoms with Crippen LogP contribution >= 0.6 is 0 Å². The molecular formula is C14H14N6O. The molecule has 0 bridgehead atoms. The maximum atomic E-state index is 12.7. The number of aromatic nitrogens is 5. The van der Waals surface area contributed by atoms with Crippen LogP contribution in [0.4, 0.5) is 0 Å². The van der Waals surface area contributed by atoms with Crippen molar-refractivity contribution < 1.29 is 4.79 Å². The monoisotopic (exact) mass is 282 g/mol. The highest BCUT2D eigenvalue weighted by molar-refractivity contribution is 5.93. The highest BCUT2D eigenvalue weighted by atomic mass is 16.2. The Morgan fingerprint density at radius 3 is 3.14 bits per heavy atom. The number of fused-ring (bicyclic) bond motifs is 2. The molecule has 4 rings (SSSR count). The zero-order valence-corrected chi connectivity index (χ0v) is 11.5. The average Bonchev–Trinajstić information content (AvgIpc) is 3.15. The Bertz CT molecular complexity index is 820. The lowest BCUT2D eigenvalue weighted by atomic mass is 10.2. The molecule has 1 amide bonds. The Labute approximate surface area is 120 Å². The van der Waals surface area contributed by atoms with E-state index in [9.17, 15) is 4.79 Å². The van der Waals surface area contributed by atoms with Gasteiger partial charge in [-0.15, -0.1) is 10.2 Å². The number of nitrogens with zero attached hydrogens (tertiary/aromatic N) is 6. The SMILES string of the molecule is CC1c2nncn2CCN1C(=O)c1cc2cccn2cn1. The third-order valence-corrected chi connectivity index (χ3v) is 3.97. The van der Waals surface area contributed by atoms with E-state index in [4.69, 9.17) is 0 Å². The maximum absolute atomic E-state index is 12.7. The summed E-state index contributed by atoms with van der Waals surface area (Å²) in [5, 5.41) is 8.01. The Balaban J connectivity index is 1.68. The van der Waals surface area contributed by atoms with Gasteiger partial charge in [0, 0.05) is 24.8 Å². The second-order valence-corrected chi connectivity index (χ2v) is 5.17. The first-order valence-corrected chi connectivity index (χ1v) is 6.85. The van der Waals surface area contributed by atoms with E-state index in [0.717, 1.165) is 11.3 Å². The number of carbonyl (C=O) groups is 1. The number of carbonyl (C=O) groups excluding carboxylic acids is 1. The standard InChI is InChI=1S/C14H14N6O/c1-10-13-17-16-9-19(13)5-6-20(10)14(21)12-7-11-3-2-4-18(11)8-15-12/h2-4,7-10H,5-6H2,1H3. The summed E-state index contributed by atoms with van der Waals surface area (Å²) in [4.78, 5) is 18.8. The second-order valence-electron chi connectivity index (χ2n) is 5.17. The van der Waals surface area contributed by atoms with E-state index in [1.54, 1.807) is 17.6 Å². The largest absolute Gasteiger partial charge is 0.326 e. The smallest absolute Gasteiger partial charge is 0.273 e. The van der Waals surface area contributed by atoms with Crippen molar-refractivity contribution in [1.82, 2.24) is 29.0 Å². The molecule has 0 saturated carbocycles. The molecule has 0 N–H and O–H groups in total. The van der Waals surface area contributed by atoms with Crippen LogP contribution < -0.4 is 0 Å². The molecule has 106 valence electrons. The molecule has 0 fully saturated rings. The van der Waals surface area contributed by atoms with Gasteiger partial charge in [0.2, 0.25) is 0 Å². The Morgan fingerprint density at radius 1 is 1.33 bits per heavy atom. The van der Waals surface area contributed by atoms with Crippen LogP contribution in [0.15, 0.2) is 37.1 Å². The van der Waals surface area contributed by atoms with Crippen LogP contribution in [0.5, 0.6) is 0 Å². The predicted molar refractivity (Wildman–Crippen MR) is 74.7 cm³/mol. The minimum atomic E-state index is -0.0986. The molecule has 0 saturated heterocycles. The molecule has 7 heteroatoms. The van der Waals surface area contributed by atoms with Crippen molar-refractivity contribution in [2.45, 2.75) is 19.5 Å². The molecule has 21 heavy (non-hydrogen) atoms. The number of hydrogen-bond acceptors (Lipinski definition) is 4. The van der Waals surface area contributed by atoms with Gasteiger partial charge in [0.1, 0.15) is 12.0 Å². The molecule has 0 radical (unpaired) electrons. The van der Waals surface area contributed by atoms with Crippen LogP contribution in [0.2, 0.25) is 0 Å². The third kappa shape index (κ3) is 1.81. The molecule has 3 aromatic rings. The third-order valence-electron chi connectivity index (χ3n) is 3.97. The van der Waals surface area contributed by atoms with Crippen molar-refractivity contribution in [2.24, 2.45) is 0 Å². The molecule has 4 heterocycles. The van der Waals surface area contributed by atoms with Crippen molar-refractivity contribution in [3.63, 3.8) is 0 Å². The average molecular weight is 282 g/mol. The van der Waals surface area contributed by atoms with Crippen LogP contribution in [-0.4, -0.2) is 41.5 Å². The zero-order chi connectivity index (χ0) is 14.4. The van der Waals surface area contributed by atoms with Crippen LogP contribution in [0.1, 0.15) is 29.3 Å². The molecule has 0 aromatic carbocycles. The van der Waals surface area contributed by atoms with Gasteiger partial charge in [-0.3, -0.25) is 4.79 Å². The molecular weight excluding hydrogens is 268 g/mol. The lowest BCUT2D eigenvalue weighted by Gasteiger charge is -2.32. The molecule has 0 spiro atoms. The first-order chi connectivity index (χ1) is 10.2. The van der Waals surface area contributed by atoms with Crippen LogP contribution in [0, 0.1) is 0 Å². The van der Waals surface area contributed by atoms with Gasteiger partial charge in [0.15, 0.2) is 5.82 Å². The van der Waals surface area contributed by atoms with Gasteiger partial charge in [-0.2, -0.15) is 0 Å². The minimum absolute atomic E-state index is 0.0690.